The minimum Gasteiger partial charge on any atom is -0.330 e. The van der Waals surface area contributed by atoms with Crippen LogP contribution in [-0.2, 0) is 13.0 Å². The van der Waals surface area contributed by atoms with Crippen LogP contribution in [0.3, 0.4) is 0 Å². The minimum atomic E-state index is 0.619. The van der Waals surface area contributed by atoms with Gasteiger partial charge in [-0.3, -0.25) is 4.90 Å². The molecule has 0 spiro atoms. The molecule has 5 heteroatoms. The van der Waals surface area contributed by atoms with E-state index < -0.39 is 0 Å². The van der Waals surface area contributed by atoms with Crippen molar-refractivity contribution in [2.45, 2.75) is 25.9 Å². The molecule has 2 rings (SSSR count). The van der Waals surface area contributed by atoms with E-state index >= 15 is 0 Å². The van der Waals surface area contributed by atoms with Gasteiger partial charge < -0.3 is 10.6 Å². The highest BCUT2D eigenvalue weighted by molar-refractivity contribution is 7.09. The fourth-order valence-corrected chi connectivity index (χ4v) is 3.09. The van der Waals surface area contributed by atoms with Crippen LogP contribution >= 0.6 is 11.3 Å². The van der Waals surface area contributed by atoms with Crippen molar-refractivity contribution in [2.75, 3.05) is 33.2 Å². The minimum absolute atomic E-state index is 0.619. The molecule has 1 fully saturated rings. The zero-order valence-corrected chi connectivity index (χ0v) is 11.5. The molecule has 0 bridgehead atoms. The Morgan fingerprint density at radius 3 is 3.06 bits per heavy atom. The number of aromatic nitrogens is 1. The van der Waals surface area contributed by atoms with Gasteiger partial charge in [0.05, 0.1) is 10.7 Å². The molecule has 1 atom stereocenters. The summed E-state index contributed by atoms with van der Waals surface area (Å²) < 4.78 is 0. The molecule has 1 aromatic rings. The summed E-state index contributed by atoms with van der Waals surface area (Å²) in [4.78, 5) is 9.54. The number of piperazine rings is 1. The molecule has 0 saturated carbocycles. The lowest BCUT2D eigenvalue weighted by Gasteiger charge is -2.37. The van der Waals surface area contributed by atoms with Crippen LogP contribution in [0.2, 0.25) is 0 Å². The maximum atomic E-state index is 5.54. The fourth-order valence-electron chi connectivity index (χ4n) is 2.28. The predicted molar refractivity (Wildman–Crippen MR) is 72.2 cm³/mol. The summed E-state index contributed by atoms with van der Waals surface area (Å²) in [6.45, 7) is 7.42. The number of rotatable bonds is 4. The largest absolute Gasteiger partial charge is 0.330 e. The van der Waals surface area contributed by atoms with Crippen molar-refractivity contribution < 1.29 is 0 Å². The first-order chi connectivity index (χ1) is 8.19. The third-order valence-electron chi connectivity index (χ3n) is 3.29. The molecule has 0 aliphatic carbocycles. The monoisotopic (exact) mass is 254 g/mol. The second-order valence-corrected chi connectivity index (χ2v) is 5.80. The second-order valence-electron chi connectivity index (χ2n) is 4.85. The van der Waals surface area contributed by atoms with E-state index in [1.807, 2.05) is 0 Å². The SMILES string of the molecule is CC1CN(C)CCN1Cc1csc(CCN)n1. The van der Waals surface area contributed by atoms with E-state index in [0.717, 1.165) is 32.6 Å². The molecule has 96 valence electrons. The number of hydrogen-bond acceptors (Lipinski definition) is 5. The molecule has 1 unspecified atom stereocenters. The molecule has 4 nitrogen and oxygen atoms in total. The van der Waals surface area contributed by atoms with Gasteiger partial charge in [-0.25, -0.2) is 4.98 Å². The van der Waals surface area contributed by atoms with E-state index in [9.17, 15) is 0 Å². The Labute approximate surface area is 107 Å². The van der Waals surface area contributed by atoms with Gasteiger partial charge in [0.1, 0.15) is 0 Å². The smallest absolute Gasteiger partial charge is 0.0941 e. The van der Waals surface area contributed by atoms with Gasteiger partial charge in [-0.05, 0) is 20.5 Å². The third kappa shape index (κ3) is 3.48. The van der Waals surface area contributed by atoms with Gasteiger partial charge in [0.25, 0.3) is 0 Å². The van der Waals surface area contributed by atoms with Crippen molar-refractivity contribution in [1.29, 1.82) is 0 Å². The molecule has 1 aromatic heterocycles. The number of likely N-dealkylation sites (N-methyl/N-ethyl adjacent to an activating group) is 1. The van der Waals surface area contributed by atoms with Crippen LogP contribution in [0.25, 0.3) is 0 Å². The molecule has 1 saturated heterocycles. The number of nitrogens with zero attached hydrogens (tertiary/aromatic N) is 3. The third-order valence-corrected chi connectivity index (χ3v) is 4.25. The van der Waals surface area contributed by atoms with Crippen molar-refractivity contribution in [3.8, 4) is 0 Å². The Bertz CT molecular complexity index is 352. The van der Waals surface area contributed by atoms with Crippen LogP contribution in [0, 0.1) is 0 Å². The molecule has 0 aromatic carbocycles. The van der Waals surface area contributed by atoms with Gasteiger partial charge in [0, 0.05) is 44.0 Å². The quantitative estimate of drug-likeness (QED) is 0.862. The van der Waals surface area contributed by atoms with E-state index in [4.69, 9.17) is 5.73 Å². The van der Waals surface area contributed by atoms with Gasteiger partial charge >= 0.3 is 0 Å². The summed E-state index contributed by atoms with van der Waals surface area (Å²) in [6.07, 6.45) is 0.906. The van der Waals surface area contributed by atoms with Crippen LogP contribution in [0.5, 0.6) is 0 Å². The number of nitrogens with two attached hydrogens (primary N) is 1. The summed E-state index contributed by atoms with van der Waals surface area (Å²) in [5, 5.41) is 3.35. The summed E-state index contributed by atoms with van der Waals surface area (Å²) in [7, 11) is 2.19. The Kier molecular flexibility index (Phi) is 4.50. The lowest BCUT2D eigenvalue weighted by Crippen LogP contribution is -2.49. The van der Waals surface area contributed by atoms with Gasteiger partial charge in [-0.1, -0.05) is 0 Å². The second kappa shape index (κ2) is 5.91. The molecule has 1 aliphatic rings. The van der Waals surface area contributed by atoms with Crippen molar-refractivity contribution in [2.24, 2.45) is 5.73 Å². The van der Waals surface area contributed by atoms with Crippen molar-refractivity contribution in [1.82, 2.24) is 14.8 Å². The lowest BCUT2D eigenvalue weighted by atomic mass is 10.2. The summed E-state index contributed by atoms with van der Waals surface area (Å²) in [5.41, 5.74) is 6.75. The average molecular weight is 254 g/mol. The standard InChI is InChI=1S/C12H22N4S/c1-10-7-15(2)5-6-16(10)8-11-9-17-12(14-11)3-4-13/h9-10H,3-8,13H2,1-2H3. The molecular formula is C12H22N4S. The maximum absolute atomic E-state index is 5.54. The zero-order chi connectivity index (χ0) is 12.3. The highest BCUT2D eigenvalue weighted by Crippen LogP contribution is 2.15. The number of hydrogen-bond donors (Lipinski definition) is 1. The molecule has 0 radical (unpaired) electrons. The van der Waals surface area contributed by atoms with Gasteiger partial charge in [-0.15, -0.1) is 11.3 Å². The van der Waals surface area contributed by atoms with E-state index in [1.165, 1.54) is 10.7 Å². The van der Waals surface area contributed by atoms with E-state index in [2.05, 4.69) is 34.1 Å². The number of thiazole rings is 1. The normalized spacial score (nSPS) is 23.1. The van der Waals surface area contributed by atoms with E-state index in [1.54, 1.807) is 11.3 Å². The zero-order valence-electron chi connectivity index (χ0n) is 10.7. The first-order valence-corrected chi connectivity index (χ1v) is 7.13. The first kappa shape index (κ1) is 13.0. The van der Waals surface area contributed by atoms with Crippen molar-refractivity contribution >= 4 is 11.3 Å². The first-order valence-electron chi connectivity index (χ1n) is 6.25. The summed E-state index contributed by atoms with van der Waals surface area (Å²) in [5.74, 6) is 0. The van der Waals surface area contributed by atoms with Crippen LogP contribution in [-0.4, -0.2) is 54.1 Å². The van der Waals surface area contributed by atoms with E-state index in [-0.39, 0.29) is 0 Å². The average Bonchev–Trinajstić information content (AvgIpc) is 2.71. The van der Waals surface area contributed by atoms with Crippen LogP contribution in [0.15, 0.2) is 5.38 Å². The Hall–Kier alpha value is -0.490. The fraction of sp³-hybridized carbons (Fsp3) is 0.750. The van der Waals surface area contributed by atoms with Crippen molar-refractivity contribution in [3.05, 3.63) is 16.1 Å². The van der Waals surface area contributed by atoms with Gasteiger partial charge in [0.15, 0.2) is 0 Å². The molecule has 2 heterocycles. The Balaban J connectivity index is 1.91. The molecule has 1 aliphatic heterocycles. The Morgan fingerprint density at radius 2 is 2.35 bits per heavy atom. The Morgan fingerprint density at radius 1 is 1.53 bits per heavy atom. The maximum Gasteiger partial charge on any atom is 0.0941 e. The molecule has 17 heavy (non-hydrogen) atoms. The predicted octanol–water partition coefficient (Wildman–Crippen LogP) is 0.780. The van der Waals surface area contributed by atoms with E-state index in [0.29, 0.717) is 12.6 Å². The molecule has 2 N–H and O–H groups in total. The van der Waals surface area contributed by atoms with Crippen LogP contribution < -0.4 is 5.73 Å². The van der Waals surface area contributed by atoms with Crippen molar-refractivity contribution in [3.63, 3.8) is 0 Å². The summed E-state index contributed by atoms with van der Waals surface area (Å²) in [6, 6.07) is 0.619. The highest BCUT2D eigenvalue weighted by atomic mass is 32.1. The lowest BCUT2D eigenvalue weighted by molar-refractivity contribution is 0.0928. The van der Waals surface area contributed by atoms with Crippen LogP contribution in [0.4, 0.5) is 0 Å². The van der Waals surface area contributed by atoms with Gasteiger partial charge in [0.2, 0.25) is 0 Å². The van der Waals surface area contributed by atoms with Crippen LogP contribution in [0.1, 0.15) is 17.6 Å². The summed E-state index contributed by atoms with van der Waals surface area (Å²) >= 11 is 1.74. The topological polar surface area (TPSA) is 45.4 Å². The molecule has 0 amide bonds. The molecular weight excluding hydrogens is 232 g/mol. The van der Waals surface area contributed by atoms with Gasteiger partial charge in [-0.2, -0.15) is 0 Å². The highest BCUT2D eigenvalue weighted by Gasteiger charge is 2.21.